The minimum atomic E-state index is -0.515. The number of aryl methyl sites for hydroxylation is 1. The molecule has 4 rings (SSSR count). The Balaban J connectivity index is 1.46. The van der Waals surface area contributed by atoms with Crippen LogP contribution in [0.3, 0.4) is 0 Å². The quantitative estimate of drug-likeness (QED) is 0.463. The molecule has 0 amide bonds. The SMILES string of the molecule is CC(=O)c1c(C)[nH]c(C(=O)[C@@H](C)Sc2nnc([C@@H]3COc4ccccc4O3)o2)c1C. The van der Waals surface area contributed by atoms with Gasteiger partial charge in [-0.25, -0.2) is 0 Å². The van der Waals surface area contributed by atoms with Crippen LogP contribution in [-0.4, -0.2) is 38.6 Å². The Morgan fingerprint density at radius 1 is 1.20 bits per heavy atom. The van der Waals surface area contributed by atoms with Crippen LogP contribution in [0.25, 0.3) is 0 Å². The van der Waals surface area contributed by atoms with Gasteiger partial charge in [-0.1, -0.05) is 23.9 Å². The molecule has 0 saturated heterocycles. The van der Waals surface area contributed by atoms with Crippen LogP contribution in [0.5, 0.6) is 11.5 Å². The minimum absolute atomic E-state index is 0.0709. The summed E-state index contributed by atoms with van der Waals surface area (Å²) in [7, 11) is 0. The zero-order valence-corrected chi connectivity index (χ0v) is 17.8. The van der Waals surface area contributed by atoms with E-state index >= 15 is 0 Å². The second-order valence-electron chi connectivity index (χ2n) is 7.08. The summed E-state index contributed by atoms with van der Waals surface area (Å²) < 4.78 is 17.3. The normalized spacial score (nSPS) is 16.3. The number of H-pyrrole nitrogens is 1. The van der Waals surface area contributed by atoms with E-state index in [-0.39, 0.29) is 29.3 Å². The molecule has 0 bridgehead atoms. The average molecular weight is 427 g/mol. The van der Waals surface area contributed by atoms with Gasteiger partial charge in [0.1, 0.15) is 6.61 Å². The highest BCUT2D eigenvalue weighted by molar-refractivity contribution is 8.00. The van der Waals surface area contributed by atoms with Crippen molar-refractivity contribution in [3.05, 3.63) is 52.7 Å². The maximum atomic E-state index is 12.9. The van der Waals surface area contributed by atoms with Crippen LogP contribution in [0, 0.1) is 13.8 Å². The first-order chi connectivity index (χ1) is 14.3. The van der Waals surface area contributed by atoms with E-state index in [4.69, 9.17) is 13.9 Å². The van der Waals surface area contributed by atoms with E-state index in [0.717, 1.165) is 11.8 Å². The number of hydrogen-bond acceptors (Lipinski definition) is 8. The molecule has 30 heavy (non-hydrogen) atoms. The summed E-state index contributed by atoms with van der Waals surface area (Å²) in [6, 6.07) is 7.36. The van der Waals surface area contributed by atoms with Crippen molar-refractivity contribution >= 4 is 23.3 Å². The summed E-state index contributed by atoms with van der Waals surface area (Å²) in [6.45, 7) is 7.06. The largest absolute Gasteiger partial charge is 0.485 e. The smallest absolute Gasteiger partial charge is 0.277 e. The number of carbonyl (C=O) groups excluding carboxylic acids is 2. The van der Waals surface area contributed by atoms with Gasteiger partial charge in [-0.3, -0.25) is 9.59 Å². The van der Waals surface area contributed by atoms with Gasteiger partial charge < -0.3 is 18.9 Å². The number of nitrogens with zero attached hydrogens (tertiary/aromatic N) is 2. The Kier molecular flexibility index (Phi) is 5.38. The third kappa shape index (κ3) is 3.72. The molecule has 0 unspecified atom stereocenters. The van der Waals surface area contributed by atoms with Gasteiger partial charge in [-0.05, 0) is 45.4 Å². The Morgan fingerprint density at radius 2 is 1.93 bits per heavy atom. The molecule has 3 heterocycles. The van der Waals surface area contributed by atoms with Gasteiger partial charge in [0.05, 0.1) is 10.9 Å². The summed E-state index contributed by atoms with van der Waals surface area (Å²) in [5.74, 6) is 1.36. The van der Waals surface area contributed by atoms with Crippen molar-refractivity contribution in [2.75, 3.05) is 6.61 Å². The zero-order chi connectivity index (χ0) is 21.4. The Bertz CT molecular complexity index is 1120. The number of fused-ring (bicyclic) bond motifs is 1. The fourth-order valence-electron chi connectivity index (χ4n) is 3.47. The van der Waals surface area contributed by atoms with Crippen LogP contribution >= 0.6 is 11.8 Å². The lowest BCUT2D eigenvalue weighted by Crippen LogP contribution is -2.21. The summed E-state index contributed by atoms with van der Waals surface area (Å²) in [5.41, 5.74) is 2.34. The molecule has 2 aromatic heterocycles. The van der Waals surface area contributed by atoms with E-state index in [1.165, 1.54) is 6.92 Å². The van der Waals surface area contributed by atoms with Crippen LogP contribution < -0.4 is 9.47 Å². The Morgan fingerprint density at radius 3 is 2.63 bits per heavy atom. The number of para-hydroxylation sites is 2. The van der Waals surface area contributed by atoms with Gasteiger partial charge >= 0.3 is 0 Å². The van der Waals surface area contributed by atoms with Gasteiger partial charge in [0.25, 0.3) is 11.1 Å². The second-order valence-corrected chi connectivity index (χ2v) is 8.37. The van der Waals surface area contributed by atoms with Crippen LogP contribution in [-0.2, 0) is 0 Å². The number of hydrogen-bond donors (Lipinski definition) is 1. The molecule has 8 nitrogen and oxygen atoms in total. The van der Waals surface area contributed by atoms with Crippen LogP contribution in [0.4, 0.5) is 0 Å². The number of aromatic nitrogens is 3. The van der Waals surface area contributed by atoms with E-state index < -0.39 is 11.4 Å². The van der Waals surface area contributed by atoms with Crippen molar-refractivity contribution < 1.29 is 23.5 Å². The zero-order valence-electron chi connectivity index (χ0n) is 17.0. The molecule has 0 spiro atoms. The number of benzene rings is 1. The van der Waals surface area contributed by atoms with Crippen molar-refractivity contribution in [2.45, 2.75) is 44.3 Å². The van der Waals surface area contributed by atoms with Gasteiger partial charge in [-0.2, -0.15) is 0 Å². The van der Waals surface area contributed by atoms with E-state index in [9.17, 15) is 9.59 Å². The monoisotopic (exact) mass is 427 g/mol. The summed E-state index contributed by atoms with van der Waals surface area (Å²) in [4.78, 5) is 27.8. The number of Topliss-reactive ketones (excluding diaryl/α,β-unsaturated/α-hetero) is 2. The van der Waals surface area contributed by atoms with Gasteiger partial charge in [0, 0.05) is 11.3 Å². The molecule has 9 heteroatoms. The molecular formula is C21H21N3O5S. The standard InChI is InChI=1S/C21H21N3O5S/c1-10-17(12(3)25)11(2)22-18(10)19(26)13(4)30-21-24-23-20(29-21)16-9-27-14-7-5-6-8-15(14)28-16/h5-8,13,16,22H,9H2,1-4H3/t13-,16+/m1/s1. The summed E-state index contributed by atoms with van der Waals surface area (Å²) in [6.07, 6.45) is -0.515. The molecule has 0 fully saturated rings. The predicted molar refractivity (Wildman–Crippen MR) is 110 cm³/mol. The Hall–Kier alpha value is -3.07. The highest BCUT2D eigenvalue weighted by Crippen LogP contribution is 2.36. The Labute approximate surface area is 177 Å². The predicted octanol–water partition coefficient (Wildman–Crippen LogP) is 4.09. The maximum Gasteiger partial charge on any atom is 0.277 e. The second kappa shape index (κ2) is 7.98. The molecule has 0 radical (unpaired) electrons. The first-order valence-corrected chi connectivity index (χ1v) is 10.4. The minimum Gasteiger partial charge on any atom is -0.485 e. The van der Waals surface area contributed by atoms with Gasteiger partial charge in [-0.15, -0.1) is 10.2 Å². The lowest BCUT2D eigenvalue weighted by molar-refractivity contribution is 0.0686. The van der Waals surface area contributed by atoms with Crippen molar-refractivity contribution in [2.24, 2.45) is 0 Å². The van der Waals surface area contributed by atoms with E-state index in [2.05, 4.69) is 15.2 Å². The van der Waals surface area contributed by atoms with E-state index in [1.54, 1.807) is 20.8 Å². The first-order valence-electron chi connectivity index (χ1n) is 9.48. The van der Waals surface area contributed by atoms with Crippen LogP contribution in [0.15, 0.2) is 33.9 Å². The van der Waals surface area contributed by atoms with Gasteiger partial charge in [0.15, 0.2) is 23.1 Å². The molecule has 3 aromatic rings. The third-order valence-corrected chi connectivity index (χ3v) is 5.82. The molecule has 1 aromatic carbocycles. The third-order valence-electron chi connectivity index (χ3n) is 4.89. The number of thioether (sulfide) groups is 1. The molecular weight excluding hydrogens is 406 g/mol. The fraction of sp³-hybridized carbons (Fsp3) is 0.333. The number of ketones is 2. The number of nitrogens with one attached hydrogen (secondary N) is 1. The average Bonchev–Trinajstić information content (AvgIpc) is 3.30. The molecule has 0 aliphatic carbocycles. The maximum absolute atomic E-state index is 12.9. The molecule has 1 aliphatic rings. The summed E-state index contributed by atoms with van der Waals surface area (Å²) in [5, 5.41) is 7.86. The highest BCUT2D eigenvalue weighted by Gasteiger charge is 2.29. The van der Waals surface area contributed by atoms with Crippen molar-refractivity contribution in [3.8, 4) is 11.5 Å². The van der Waals surface area contributed by atoms with Gasteiger partial charge in [0.2, 0.25) is 6.10 Å². The van der Waals surface area contributed by atoms with Crippen LogP contribution in [0.2, 0.25) is 0 Å². The van der Waals surface area contributed by atoms with Crippen LogP contribution in [0.1, 0.15) is 57.9 Å². The number of rotatable bonds is 6. The highest BCUT2D eigenvalue weighted by atomic mass is 32.2. The number of carbonyl (C=O) groups is 2. The van der Waals surface area contributed by atoms with Crippen molar-refractivity contribution in [3.63, 3.8) is 0 Å². The lowest BCUT2D eigenvalue weighted by atomic mass is 10.0. The van der Waals surface area contributed by atoms with Crippen molar-refractivity contribution in [1.29, 1.82) is 0 Å². The fourth-order valence-corrected chi connectivity index (χ4v) is 4.22. The number of aromatic amines is 1. The van der Waals surface area contributed by atoms with E-state index in [1.807, 2.05) is 24.3 Å². The summed E-state index contributed by atoms with van der Waals surface area (Å²) >= 11 is 1.16. The number of ether oxygens (including phenoxy) is 2. The molecule has 0 saturated carbocycles. The molecule has 2 atom stereocenters. The molecule has 1 N–H and O–H groups in total. The molecule has 1 aliphatic heterocycles. The first kappa shape index (κ1) is 20.2. The topological polar surface area (TPSA) is 107 Å². The van der Waals surface area contributed by atoms with Crippen molar-refractivity contribution in [1.82, 2.24) is 15.2 Å². The molecule has 156 valence electrons. The van der Waals surface area contributed by atoms with E-state index in [0.29, 0.717) is 34.0 Å². The lowest BCUT2D eigenvalue weighted by Gasteiger charge is -2.23.